The highest BCUT2D eigenvalue weighted by Gasteiger charge is 2.19. The number of hydrogen-bond donors (Lipinski definition) is 4. The molecule has 4 N–H and O–H groups in total. The Kier molecular flexibility index (Phi) is 16.7. The molecule has 34 heavy (non-hydrogen) atoms. The summed E-state index contributed by atoms with van der Waals surface area (Å²) in [5, 5.41) is 35.8. The third-order valence-electron chi connectivity index (χ3n) is 3.90. The number of aliphatic hydroxyl groups excluding tert-OH is 2. The zero-order valence-electron chi connectivity index (χ0n) is 18.5. The average Bonchev–Trinajstić information content (AvgIpc) is 2.81. The van der Waals surface area contributed by atoms with Crippen LogP contribution in [0.5, 0.6) is 0 Å². The summed E-state index contributed by atoms with van der Waals surface area (Å²) in [7, 11) is 0. The Hall–Kier alpha value is -2.24. The van der Waals surface area contributed by atoms with Gasteiger partial charge in [-0.05, 0) is 23.3 Å². The van der Waals surface area contributed by atoms with Crippen LogP contribution in [0.4, 0.5) is 0 Å². The fourth-order valence-electron chi connectivity index (χ4n) is 2.42. The van der Waals surface area contributed by atoms with Crippen molar-refractivity contribution in [2.24, 2.45) is 0 Å². The number of aromatic carboxylic acids is 2. The number of benzene rings is 1. The molecule has 0 unspecified atom stereocenters. The summed E-state index contributed by atoms with van der Waals surface area (Å²) >= 11 is 0. The van der Waals surface area contributed by atoms with Crippen molar-refractivity contribution in [3.63, 3.8) is 0 Å². The van der Waals surface area contributed by atoms with E-state index < -0.39 is 25.5 Å². The molecule has 0 bridgehead atoms. The van der Waals surface area contributed by atoms with Crippen molar-refractivity contribution in [3.05, 3.63) is 34.4 Å². The first-order valence-corrected chi connectivity index (χ1v) is 9.97. The van der Waals surface area contributed by atoms with Crippen molar-refractivity contribution in [2.75, 3.05) is 67.2 Å². The Morgan fingerprint density at radius 1 is 0.559 bits per heavy atom. The minimum absolute atomic E-state index is 0.0815. The predicted molar refractivity (Wildman–Crippen MR) is 110 cm³/mol. The standard InChI is InChI=1S/C20H30O14/c21-9-33-13-29-3-1-27-11-31-7-15-5-16(18(20(25)26)6-17(15)19(23)24)8-32-12-28-2-4-30-14-34-10-22/h5-6,21-22H,1-4,7-14H2,(H,23,24)(H,25,26). The number of aliphatic hydroxyl groups is 2. The van der Waals surface area contributed by atoms with Gasteiger partial charge in [-0.1, -0.05) is 0 Å². The average molecular weight is 494 g/mol. The van der Waals surface area contributed by atoms with Gasteiger partial charge in [0.05, 0.1) is 50.8 Å². The Morgan fingerprint density at radius 2 is 0.912 bits per heavy atom. The van der Waals surface area contributed by atoms with Gasteiger partial charge in [-0.25, -0.2) is 9.59 Å². The van der Waals surface area contributed by atoms with Gasteiger partial charge >= 0.3 is 11.9 Å². The van der Waals surface area contributed by atoms with Crippen LogP contribution in [-0.2, 0) is 51.1 Å². The van der Waals surface area contributed by atoms with Crippen LogP contribution in [0.25, 0.3) is 0 Å². The summed E-state index contributed by atoms with van der Waals surface area (Å²) < 4.78 is 40.1. The molecular weight excluding hydrogens is 464 g/mol. The van der Waals surface area contributed by atoms with Crippen LogP contribution >= 0.6 is 0 Å². The van der Waals surface area contributed by atoms with Gasteiger partial charge in [0.2, 0.25) is 0 Å². The highest BCUT2D eigenvalue weighted by Crippen LogP contribution is 2.20. The molecule has 0 aliphatic carbocycles. The van der Waals surface area contributed by atoms with E-state index in [0.717, 1.165) is 6.07 Å². The zero-order chi connectivity index (χ0) is 25.0. The molecule has 0 fully saturated rings. The molecular formula is C20H30O14. The second kappa shape index (κ2) is 19.1. The van der Waals surface area contributed by atoms with Crippen LogP contribution in [0.15, 0.2) is 12.1 Å². The molecule has 14 heteroatoms. The first kappa shape index (κ1) is 29.8. The smallest absolute Gasteiger partial charge is 0.336 e. The summed E-state index contributed by atoms with van der Waals surface area (Å²) in [6, 6.07) is 2.44. The predicted octanol–water partition coefficient (Wildman–Crippen LogP) is -0.0546. The van der Waals surface area contributed by atoms with Crippen molar-refractivity contribution in [3.8, 4) is 0 Å². The van der Waals surface area contributed by atoms with E-state index in [1.165, 1.54) is 6.07 Å². The quantitative estimate of drug-likeness (QED) is 0.124. The molecule has 1 rings (SSSR count). The lowest BCUT2D eigenvalue weighted by molar-refractivity contribution is -0.128. The molecule has 0 atom stereocenters. The fraction of sp³-hybridized carbons (Fsp3) is 0.600. The third kappa shape index (κ3) is 12.9. The SMILES string of the molecule is O=C(O)c1cc(C(=O)O)c(COCOCCOCOCO)cc1COCOCCOCOCO. The van der Waals surface area contributed by atoms with Crippen LogP contribution in [0, 0.1) is 0 Å². The largest absolute Gasteiger partial charge is 0.478 e. The van der Waals surface area contributed by atoms with E-state index in [2.05, 4.69) is 9.47 Å². The second-order valence-electron chi connectivity index (χ2n) is 6.24. The minimum atomic E-state index is -1.31. The molecule has 0 aromatic heterocycles. The Bertz CT molecular complexity index is 656. The van der Waals surface area contributed by atoms with E-state index in [0.29, 0.717) is 0 Å². The number of carbonyl (C=O) groups is 2. The van der Waals surface area contributed by atoms with E-state index in [4.69, 9.17) is 38.6 Å². The van der Waals surface area contributed by atoms with Gasteiger partial charge in [-0.3, -0.25) is 0 Å². The summed E-state index contributed by atoms with van der Waals surface area (Å²) in [5.41, 5.74) is 0.0456. The lowest BCUT2D eigenvalue weighted by Crippen LogP contribution is -2.14. The maximum Gasteiger partial charge on any atom is 0.336 e. The third-order valence-corrected chi connectivity index (χ3v) is 3.90. The highest BCUT2D eigenvalue weighted by atomic mass is 16.7. The van der Waals surface area contributed by atoms with Crippen LogP contribution in [-0.4, -0.2) is 99.5 Å². The van der Waals surface area contributed by atoms with Crippen molar-refractivity contribution < 1.29 is 67.9 Å². The van der Waals surface area contributed by atoms with E-state index >= 15 is 0 Å². The Morgan fingerprint density at radius 3 is 1.24 bits per heavy atom. The van der Waals surface area contributed by atoms with Gasteiger partial charge in [0.1, 0.15) is 40.8 Å². The normalized spacial score (nSPS) is 11.1. The first-order valence-electron chi connectivity index (χ1n) is 9.97. The number of ether oxygens (including phenoxy) is 8. The van der Waals surface area contributed by atoms with Gasteiger partial charge in [0, 0.05) is 0 Å². The summed E-state index contributed by atoms with van der Waals surface area (Å²) in [6.45, 7) is -0.922. The summed E-state index contributed by atoms with van der Waals surface area (Å²) in [4.78, 5) is 23.2. The number of rotatable bonds is 22. The summed E-state index contributed by atoms with van der Waals surface area (Å²) in [5.74, 6) is -2.61. The molecule has 1 aromatic rings. The maximum absolute atomic E-state index is 11.6. The van der Waals surface area contributed by atoms with Crippen LogP contribution in [0.2, 0.25) is 0 Å². The van der Waals surface area contributed by atoms with E-state index in [9.17, 15) is 19.8 Å². The number of carboxylic acid groups (broad SMARTS) is 2. The van der Waals surface area contributed by atoms with Crippen LogP contribution < -0.4 is 0 Å². The van der Waals surface area contributed by atoms with Crippen LogP contribution in [0.3, 0.4) is 0 Å². The van der Waals surface area contributed by atoms with Gasteiger partial charge < -0.3 is 58.3 Å². The number of hydrogen-bond acceptors (Lipinski definition) is 12. The molecule has 0 amide bonds. The Balaban J connectivity index is 2.55. The first-order chi connectivity index (χ1) is 16.5. The molecule has 0 aliphatic heterocycles. The fourth-order valence-corrected chi connectivity index (χ4v) is 2.42. The lowest BCUT2D eigenvalue weighted by Gasteiger charge is -2.14. The topological polar surface area (TPSA) is 189 Å². The monoisotopic (exact) mass is 494 g/mol. The van der Waals surface area contributed by atoms with E-state index in [1.807, 2.05) is 0 Å². The molecule has 0 heterocycles. The molecule has 0 saturated heterocycles. The van der Waals surface area contributed by atoms with Gasteiger partial charge in [0.15, 0.2) is 0 Å². The molecule has 0 aliphatic rings. The second-order valence-corrected chi connectivity index (χ2v) is 6.24. The van der Waals surface area contributed by atoms with Gasteiger partial charge in [0.25, 0.3) is 0 Å². The van der Waals surface area contributed by atoms with Gasteiger partial charge in [-0.15, -0.1) is 0 Å². The highest BCUT2D eigenvalue weighted by molar-refractivity contribution is 5.96. The molecule has 0 radical (unpaired) electrons. The lowest BCUT2D eigenvalue weighted by atomic mass is 9.99. The molecule has 14 nitrogen and oxygen atoms in total. The molecule has 1 aromatic carbocycles. The number of carboxylic acids is 2. The molecule has 0 saturated carbocycles. The maximum atomic E-state index is 11.6. The van der Waals surface area contributed by atoms with Crippen molar-refractivity contribution in [1.82, 2.24) is 0 Å². The van der Waals surface area contributed by atoms with Crippen molar-refractivity contribution in [1.29, 1.82) is 0 Å². The summed E-state index contributed by atoms with van der Waals surface area (Å²) in [6.07, 6.45) is 0. The van der Waals surface area contributed by atoms with E-state index in [1.54, 1.807) is 0 Å². The van der Waals surface area contributed by atoms with Gasteiger partial charge in [-0.2, -0.15) is 0 Å². The molecule has 0 spiro atoms. The van der Waals surface area contributed by atoms with E-state index in [-0.39, 0.29) is 89.1 Å². The van der Waals surface area contributed by atoms with Crippen molar-refractivity contribution in [2.45, 2.75) is 13.2 Å². The van der Waals surface area contributed by atoms with Crippen LogP contribution in [0.1, 0.15) is 31.8 Å². The zero-order valence-corrected chi connectivity index (χ0v) is 18.5. The van der Waals surface area contributed by atoms with Crippen molar-refractivity contribution >= 4 is 11.9 Å². The minimum Gasteiger partial charge on any atom is -0.478 e. The molecule has 194 valence electrons. The Labute approximate surface area is 195 Å².